The summed E-state index contributed by atoms with van der Waals surface area (Å²) >= 11 is 1.61. The van der Waals surface area contributed by atoms with E-state index < -0.39 is 5.41 Å². The number of hydrogen-bond acceptors (Lipinski definition) is 8. The monoisotopic (exact) mass is 591 g/mol. The van der Waals surface area contributed by atoms with Crippen LogP contribution in [-0.4, -0.2) is 48.1 Å². The van der Waals surface area contributed by atoms with Crippen LogP contribution in [0.3, 0.4) is 0 Å². The molecule has 0 spiro atoms. The Morgan fingerprint density at radius 3 is 2.69 bits per heavy atom. The third-order valence-electron chi connectivity index (χ3n) is 7.57. The van der Waals surface area contributed by atoms with Crippen molar-refractivity contribution in [3.05, 3.63) is 68.7 Å². The molecule has 0 saturated carbocycles. The molecule has 4 heterocycles. The minimum Gasteiger partial charge on any atom is -0.493 e. The molecular weight excluding hydrogens is 554 g/mol. The van der Waals surface area contributed by atoms with Gasteiger partial charge in [0.15, 0.2) is 0 Å². The molecule has 5 rings (SSSR count). The lowest BCUT2D eigenvalue weighted by Crippen LogP contribution is -2.47. The van der Waals surface area contributed by atoms with E-state index in [9.17, 15) is 14.4 Å². The molecule has 3 aromatic heterocycles. The molecule has 4 aromatic rings. The van der Waals surface area contributed by atoms with Gasteiger partial charge >= 0.3 is 0 Å². The third kappa shape index (κ3) is 5.84. The number of amides is 2. The maximum absolute atomic E-state index is 13.0. The van der Waals surface area contributed by atoms with Gasteiger partial charge in [0.1, 0.15) is 27.5 Å². The molecule has 1 N–H and O–H groups in total. The number of carbonyl (C=O) groups excluding carboxylic acids is 2. The highest BCUT2D eigenvalue weighted by molar-refractivity contribution is 7.09. The van der Waals surface area contributed by atoms with Gasteiger partial charge in [-0.2, -0.15) is 0 Å². The molecule has 0 unspecified atom stereocenters. The minimum absolute atomic E-state index is 0.0444. The van der Waals surface area contributed by atoms with Gasteiger partial charge in [0, 0.05) is 50.7 Å². The van der Waals surface area contributed by atoms with Gasteiger partial charge in [-0.15, -0.1) is 11.3 Å². The number of carbonyl (C=O) groups is 2. The van der Waals surface area contributed by atoms with Crippen LogP contribution in [0.25, 0.3) is 11.0 Å². The predicted molar refractivity (Wildman–Crippen MR) is 165 cm³/mol. The van der Waals surface area contributed by atoms with Gasteiger partial charge in [-0.3, -0.25) is 14.4 Å². The average molecular weight is 592 g/mol. The Balaban J connectivity index is 1.08. The van der Waals surface area contributed by atoms with Crippen molar-refractivity contribution in [3.63, 3.8) is 0 Å². The van der Waals surface area contributed by atoms with Gasteiger partial charge in [-0.05, 0) is 64.9 Å². The molecule has 0 saturated heterocycles. The number of benzene rings is 1. The second kappa shape index (κ2) is 12.1. The van der Waals surface area contributed by atoms with E-state index in [0.29, 0.717) is 60.8 Å². The molecule has 42 heavy (non-hydrogen) atoms. The van der Waals surface area contributed by atoms with E-state index in [-0.39, 0.29) is 17.4 Å². The SMILES string of the molecule is CCN1C(=O)C(C)(C)C(=O)N(C)c2cc(OCCCNCc3nc(CCn4ccc5oc(C)cc5c4=O)cs3)ccc21. The van der Waals surface area contributed by atoms with Crippen LogP contribution < -0.4 is 25.4 Å². The van der Waals surface area contributed by atoms with Crippen molar-refractivity contribution in [2.24, 2.45) is 5.41 Å². The zero-order valence-electron chi connectivity index (χ0n) is 24.7. The molecule has 0 radical (unpaired) electrons. The summed E-state index contributed by atoms with van der Waals surface area (Å²) in [6.07, 6.45) is 3.24. The van der Waals surface area contributed by atoms with Crippen LogP contribution in [0.1, 0.15) is 43.7 Å². The summed E-state index contributed by atoms with van der Waals surface area (Å²) in [7, 11) is 1.70. The van der Waals surface area contributed by atoms with E-state index in [1.165, 1.54) is 0 Å². The normalized spacial score (nSPS) is 14.9. The Bertz CT molecular complexity index is 1670. The van der Waals surface area contributed by atoms with E-state index in [0.717, 1.165) is 29.4 Å². The lowest BCUT2D eigenvalue weighted by Gasteiger charge is -2.27. The molecular formula is C31H37N5O5S. The molecule has 10 nitrogen and oxygen atoms in total. The third-order valence-corrected chi connectivity index (χ3v) is 8.46. The van der Waals surface area contributed by atoms with Crippen LogP contribution in [0.2, 0.25) is 0 Å². The van der Waals surface area contributed by atoms with Crippen molar-refractivity contribution in [2.75, 3.05) is 36.5 Å². The fraction of sp³-hybridized carbons (Fsp3) is 0.419. The number of nitrogens with one attached hydrogen (secondary N) is 1. The number of anilines is 2. The zero-order valence-corrected chi connectivity index (χ0v) is 25.5. The van der Waals surface area contributed by atoms with Gasteiger partial charge in [0.2, 0.25) is 11.8 Å². The van der Waals surface area contributed by atoms with Crippen molar-refractivity contribution >= 4 is 45.5 Å². The number of ether oxygens (including phenoxy) is 1. The van der Waals surface area contributed by atoms with Gasteiger partial charge in [-0.1, -0.05) is 0 Å². The number of nitrogens with zero attached hydrogens (tertiary/aromatic N) is 4. The predicted octanol–water partition coefficient (Wildman–Crippen LogP) is 4.52. The highest BCUT2D eigenvalue weighted by atomic mass is 32.1. The molecule has 1 aliphatic heterocycles. The second-order valence-corrected chi connectivity index (χ2v) is 11.9. The van der Waals surface area contributed by atoms with E-state index in [2.05, 4.69) is 5.32 Å². The maximum atomic E-state index is 13.0. The Hall–Kier alpha value is -3.96. The van der Waals surface area contributed by atoms with E-state index in [1.54, 1.807) is 58.9 Å². The van der Waals surface area contributed by atoms with Gasteiger partial charge in [0.25, 0.3) is 5.56 Å². The number of hydrogen-bond donors (Lipinski definition) is 1. The van der Waals surface area contributed by atoms with E-state index in [1.807, 2.05) is 43.5 Å². The number of furan rings is 1. The van der Waals surface area contributed by atoms with Crippen molar-refractivity contribution in [1.82, 2.24) is 14.9 Å². The second-order valence-electron chi connectivity index (χ2n) is 11.0. The molecule has 2 amide bonds. The average Bonchev–Trinajstić information content (AvgIpc) is 3.59. The van der Waals surface area contributed by atoms with Crippen LogP contribution in [0.5, 0.6) is 5.75 Å². The van der Waals surface area contributed by atoms with Crippen molar-refractivity contribution in [3.8, 4) is 5.75 Å². The molecule has 0 bridgehead atoms. The highest BCUT2D eigenvalue weighted by Gasteiger charge is 2.45. The molecule has 0 fully saturated rings. The number of fused-ring (bicyclic) bond motifs is 2. The van der Waals surface area contributed by atoms with Gasteiger partial charge in [0.05, 0.1) is 29.1 Å². The largest absolute Gasteiger partial charge is 0.493 e. The van der Waals surface area contributed by atoms with E-state index in [4.69, 9.17) is 14.1 Å². The maximum Gasteiger partial charge on any atom is 0.261 e. The minimum atomic E-state index is -1.14. The van der Waals surface area contributed by atoms with Crippen LogP contribution >= 0.6 is 11.3 Å². The first-order chi connectivity index (χ1) is 20.1. The lowest BCUT2D eigenvalue weighted by atomic mass is 9.90. The number of rotatable bonds is 11. The first-order valence-corrected chi connectivity index (χ1v) is 15.1. The number of pyridine rings is 1. The van der Waals surface area contributed by atoms with Crippen molar-refractivity contribution in [2.45, 2.75) is 53.6 Å². The van der Waals surface area contributed by atoms with E-state index >= 15 is 0 Å². The Morgan fingerprint density at radius 1 is 1.10 bits per heavy atom. The molecule has 1 aliphatic rings. The van der Waals surface area contributed by atoms with Crippen LogP contribution in [0, 0.1) is 12.3 Å². The number of aryl methyl sites for hydroxylation is 3. The Labute approximate surface area is 248 Å². The summed E-state index contributed by atoms with van der Waals surface area (Å²) in [5.41, 5.74) is 1.78. The molecule has 0 aliphatic carbocycles. The molecule has 1 aromatic carbocycles. The van der Waals surface area contributed by atoms with Gasteiger partial charge in [-0.25, -0.2) is 4.98 Å². The van der Waals surface area contributed by atoms with Crippen LogP contribution in [0.15, 0.2) is 51.1 Å². The highest BCUT2D eigenvalue weighted by Crippen LogP contribution is 2.40. The quantitative estimate of drug-likeness (QED) is 0.202. The molecule has 222 valence electrons. The summed E-state index contributed by atoms with van der Waals surface area (Å²) in [5, 5.41) is 7.05. The van der Waals surface area contributed by atoms with Crippen LogP contribution in [0.4, 0.5) is 11.4 Å². The number of thiazole rings is 1. The Morgan fingerprint density at radius 2 is 1.90 bits per heavy atom. The smallest absolute Gasteiger partial charge is 0.261 e. The fourth-order valence-corrected chi connectivity index (χ4v) is 6.01. The summed E-state index contributed by atoms with van der Waals surface area (Å²) < 4.78 is 13.2. The zero-order chi connectivity index (χ0) is 30.0. The standard InChI is InChI=1S/C31H37N5O5S/c1-6-36-24-9-8-22(17-25(24)34(5)29(38)31(3,4)30(36)39)40-15-7-12-32-18-27-33-21(19-42-27)10-13-35-14-11-26-23(28(35)37)16-20(2)41-26/h8-9,11,14,16-17,19,32H,6-7,10,12-13,15,18H2,1-5H3. The number of aromatic nitrogens is 2. The lowest BCUT2D eigenvalue weighted by molar-refractivity contribution is -0.137. The summed E-state index contributed by atoms with van der Waals surface area (Å²) in [6, 6.07) is 9.14. The summed E-state index contributed by atoms with van der Waals surface area (Å²) in [5.74, 6) is 0.943. The molecule has 0 atom stereocenters. The van der Waals surface area contributed by atoms with Crippen molar-refractivity contribution in [1.29, 1.82) is 0 Å². The first-order valence-electron chi connectivity index (χ1n) is 14.2. The summed E-state index contributed by atoms with van der Waals surface area (Å²) in [4.78, 5) is 46.7. The van der Waals surface area contributed by atoms with Gasteiger partial charge < -0.3 is 28.8 Å². The fourth-order valence-electron chi connectivity index (χ4n) is 5.21. The van der Waals surface area contributed by atoms with Crippen LogP contribution in [-0.2, 0) is 29.1 Å². The topological polar surface area (TPSA) is 110 Å². The summed E-state index contributed by atoms with van der Waals surface area (Å²) in [6.45, 7) is 10.0. The van der Waals surface area contributed by atoms with Crippen molar-refractivity contribution < 1.29 is 18.7 Å². The molecule has 11 heteroatoms. The Kier molecular flexibility index (Phi) is 8.51. The first kappa shape index (κ1) is 29.5.